The third kappa shape index (κ3) is 4.68. The van der Waals surface area contributed by atoms with Gasteiger partial charge in [-0.3, -0.25) is 9.52 Å². The van der Waals surface area contributed by atoms with Gasteiger partial charge in [0.1, 0.15) is 23.6 Å². The molecule has 1 saturated carbocycles. The molecule has 1 fully saturated rings. The number of fused-ring (bicyclic) bond motifs is 1. The monoisotopic (exact) mass is 477 g/mol. The molecular formula is C22H25F2N5O3S. The van der Waals surface area contributed by atoms with E-state index in [0.29, 0.717) is 42.2 Å². The van der Waals surface area contributed by atoms with Crippen LogP contribution in [-0.2, 0) is 10.0 Å². The molecule has 11 heteroatoms. The molecule has 1 unspecified atom stereocenters. The third-order valence-electron chi connectivity index (χ3n) is 5.76. The summed E-state index contributed by atoms with van der Waals surface area (Å²) in [5, 5.41) is 2.72. The van der Waals surface area contributed by atoms with Gasteiger partial charge < -0.3 is 10.3 Å². The van der Waals surface area contributed by atoms with Crippen LogP contribution in [0.3, 0.4) is 0 Å². The van der Waals surface area contributed by atoms with Gasteiger partial charge in [0.2, 0.25) is 15.8 Å². The Balaban J connectivity index is 1.72. The number of anilines is 2. The molecule has 2 aromatic heterocycles. The van der Waals surface area contributed by atoms with Crippen LogP contribution >= 0.6 is 0 Å². The maximum Gasteiger partial charge on any atom is 0.235 e. The summed E-state index contributed by atoms with van der Waals surface area (Å²) in [7, 11) is -3.92. The highest BCUT2D eigenvalue weighted by Crippen LogP contribution is 2.32. The van der Waals surface area contributed by atoms with E-state index < -0.39 is 43.9 Å². The molecule has 0 spiro atoms. The van der Waals surface area contributed by atoms with Crippen molar-refractivity contribution in [3.05, 3.63) is 47.4 Å². The number of sulfonamides is 1. The first-order chi connectivity index (χ1) is 15.7. The van der Waals surface area contributed by atoms with Crippen LogP contribution in [0.5, 0.6) is 0 Å². The Morgan fingerprint density at radius 1 is 1.27 bits per heavy atom. The van der Waals surface area contributed by atoms with Crippen molar-refractivity contribution in [3.63, 3.8) is 0 Å². The van der Waals surface area contributed by atoms with Gasteiger partial charge in [0.15, 0.2) is 5.82 Å². The van der Waals surface area contributed by atoms with Gasteiger partial charge in [-0.1, -0.05) is 13.3 Å². The van der Waals surface area contributed by atoms with Crippen molar-refractivity contribution in [2.24, 2.45) is 5.92 Å². The number of nitrogens with zero attached hydrogens (tertiary/aromatic N) is 2. The lowest BCUT2D eigenvalue weighted by Gasteiger charge is -2.16. The van der Waals surface area contributed by atoms with E-state index in [1.807, 2.05) is 6.92 Å². The minimum Gasteiger partial charge on any atom is -0.369 e. The Kier molecular flexibility index (Phi) is 6.33. The van der Waals surface area contributed by atoms with E-state index in [4.69, 9.17) is 0 Å². The van der Waals surface area contributed by atoms with Crippen LogP contribution in [-0.4, -0.2) is 40.9 Å². The number of H-pyrrole nitrogens is 1. The summed E-state index contributed by atoms with van der Waals surface area (Å²) in [6, 6.07) is 1.84. The molecule has 3 aromatic rings. The van der Waals surface area contributed by atoms with E-state index >= 15 is 4.39 Å². The molecule has 1 atom stereocenters. The molecule has 1 aromatic carbocycles. The summed E-state index contributed by atoms with van der Waals surface area (Å²) >= 11 is 0. The fourth-order valence-corrected chi connectivity index (χ4v) is 4.84. The summed E-state index contributed by atoms with van der Waals surface area (Å²) in [6.07, 6.45) is 5.86. The molecule has 0 radical (unpaired) electrons. The molecule has 3 N–H and O–H groups in total. The molecule has 176 valence electrons. The Morgan fingerprint density at radius 3 is 2.73 bits per heavy atom. The first kappa shape index (κ1) is 23.1. The number of ketones is 1. The summed E-state index contributed by atoms with van der Waals surface area (Å²) in [4.78, 5) is 24.4. The van der Waals surface area contributed by atoms with Crippen molar-refractivity contribution in [3.8, 4) is 0 Å². The number of aromatic nitrogens is 3. The predicted octanol–water partition coefficient (Wildman–Crippen LogP) is 4.22. The first-order valence-corrected chi connectivity index (χ1v) is 12.4. The van der Waals surface area contributed by atoms with E-state index in [0.717, 1.165) is 25.0 Å². The zero-order chi connectivity index (χ0) is 23.8. The second-order valence-electron chi connectivity index (χ2n) is 8.33. The van der Waals surface area contributed by atoms with Gasteiger partial charge in [-0.15, -0.1) is 0 Å². The molecule has 0 saturated heterocycles. The number of rotatable bonds is 10. The Hall–Kier alpha value is -3.08. The number of halogens is 2. The zero-order valence-electron chi connectivity index (χ0n) is 18.3. The van der Waals surface area contributed by atoms with Gasteiger partial charge in [-0.25, -0.2) is 27.2 Å². The van der Waals surface area contributed by atoms with Crippen LogP contribution in [0.4, 0.5) is 20.3 Å². The number of benzene rings is 1. The van der Waals surface area contributed by atoms with E-state index in [1.54, 1.807) is 0 Å². The highest BCUT2D eigenvalue weighted by molar-refractivity contribution is 7.93. The normalized spacial score (nSPS) is 14.9. The number of nitrogens with one attached hydrogen (secondary N) is 3. The molecule has 0 amide bonds. The van der Waals surface area contributed by atoms with Crippen molar-refractivity contribution < 1.29 is 22.0 Å². The number of carbonyl (C=O) groups excluding carboxylic acids is 1. The molecule has 8 nitrogen and oxygen atoms in total. The third-order valence-corrected chi connectivity index (χ3v) is 7.56. The van der Waals surface area contributed by atoms with Crippen molar-refractivity contribution in [2.75, 3.05) is 16.6 Å². The van der Waals surface area contributed by atoms with Gasteiger partial charge in [-0.2, -0.15) is 0 Å². The van der Waals surface area contributed by atoms with Crippen molar-refractivity contribution in [1.82, 2.24) is 15.0 Å². The predicted molar refractivity (Wildman–Crippen MR) is 122 cm³/mol. The quantitative estimate of drug-likeness (QED) is 0.377. The molecule has 1 aliphatic rings. The molecule has 33 heavy (non-hydrogen) atoms. The van der Waals surface area contributed by atoms with Crippen LogP contribution in [0.2, 0.25) is 0 Å². The lowest BCUT2D eigenvalue weighted by molar-refractivity contribution is 0.103. The fourth-order valence-electron chi connectivity index (χ4n) is 3.63. The number of carbonyl (C=O) groups is 1. The largest absolute Gasteiger partial charge is 0.369 e. The number of hydrogen-bond donors (Lipinski definition) is 3. The lowest BCUT2D eigenvalue weighted by Crippen LogP contribution is -2.26. The van der Waals surface area contributed by atoms with E-state index in [9.17, 15) is 17.6 Å². The Labute approximate surface area is 190 Å². The summed E-state index contributed by atoms with van der Waals surface area (Å²) in [5.74, 6) is -2.39. The average Bonchev–Trinajstić information content (AvgIpc) is 3.50. The Morgan fingerprint density at radius 2 is 2.03 bits per heavy atom. The van der Waals surface area contributed by atoms with E-state index in [2.05, 4.69) is 25.0 Å². The van der Waals surface area contributed by atoms with Crippen molar-refractivity contribution in [2.45, 2.75) is 44.8 Å². The highest BCUT2D eigenvalue weighted by Gasteiger charge is 2.29. The van der Waals surface area contributed by atoms with Gasteiger partial charge >= 0.3 is 0 Å². The highest BCUT2D eigenvalue weighted by atomic mass is 32.2. The molecular weight excluding hydrogens is 452 g/mol. The topological polar surface area (TPSA) is 117 Å². The fraction of sp³-hybridized carbons (Fsp3) is 0.409. The van der Waals surface area contributed by atoms with Crippen molar-refractivity contribution >= 4 is 38.3 Å². The SMILES string of the molecule is CCCC(C)S(=O)(=O)Nc1ccc(F)c(C(=O)c2c[nH]c3ncnc(NCC4CC4)c23)c1F. The van der Waals surface area contributed by atoms with Crippen LogP contribution in [0, 0.1) is 17.6 Å². The molecule has 2 heterocycles. The van der Waals surface area contributed by atoms with Gasteiger partial charge in [0.05, 0.1) is 27.5 Å². The average molecular weight is 478 g/mol. The zero-order valence-corrected chi connectivity index (χ0v) is 19.1. The summed E-state index contributed by atoms with van der Waals surface area (Å²) in [5.41, 5.74) is -0.999. The maximum absolute atomic E-state index is 15.3. The van der Waals surface area contributed by atoms with Crippen molar-refractivity contribution in [1.29, 1.82) is 0 Å². The summed E-state index contributed by atoms with van der Waals surface area (Å²) < 4.78 is 57.1. The second kappa shape index (κ2) is 9.05. The molecule has 4 rings (SSSR count). The van der Waals surface area contributed by atoms with Gasteiger partial charge in [0, 0.05) is 12.7 Å². The van der Waals surface area contributed by atoms with E-state index in [-0.39, 0.29) is 5.56 Å². The number of aromatic amines is 1. The van der Waals surface area contributed by atoms with Crippen LogP contribution in [0.15, 0.2) is 24.7 Å². The minimum atomic E-state index is -3.92. The number of hydrogen-bond acceptors (Lipinski definition) is 6. The second-order valence-corrected chi connectivity index (χ2v) is 10.4. The minimum absolute atomic E-state index is 0.0129. The van der Waals surface area contributed by atoms with Crippen LogP contribution in [0.25, 0.3) is 11.0 Å². The standard InChI is InChI=1S/C22H25F2N5O3S/c1-3-4-12(2)33(31,32)29-16-8-7-15(23)18(19(16)24)20(30)14-10-26-22-17(14)21(27-11-28-22)25-9-13-5-6-13/h7-8,10-13,29H,3-6,9H2,1-2H3,(H2,25,26,27,28). The smallest absolute Gasteiger partial charge is 0.235 e. The van der Waals surface area contributed by atoms with Gasteiger partial charge in [-0.05, 0) is 44.2 Å². The van der Waals surface area contributed by atoms with E-state index in [1.165, 1.54) is 19.4 Å². The Bertz CT molecular complexity index is 1300. The van der Waals surface area contributed by atoms with Crippen LogP contribution < -0.4 is 10.0 Å². The van der Waals surface area contributed by atoms with Crippen LogP contribution in [0.1, 0.15) is 55.5 Å². The van der Waals surface area contributed by atoms with Gasteiger partial charge in [0.25, 0.3) is 0 Å². The molecule has 0 aliphatic heterocycles. The maximum atomic E-state index is 15.3. The molecule has 0 bridgehead atoms. The summed E-state index contributed by atoms with van der Waals surface area (Å²) in [6.45, 7) is 4.00. The first-order valence-electron chi connectivity index (χ1n) is 10.8. The lowest BCUT2D eigenvalue weighted by atomic mass is 10.0. The molecule has 1 aliphatic carbocycles.